The Bertz CT molecular complexity index is 514. The van der Waals surface area contributed by atoms with Gasteiger partial charge in [-0.1, -0.05) is 23.2 Å². The molecular formula is C12H9Cl2NO. The van der Waals surface area contributed by atoms with Crippen molar-refractivity contribution >= 4 is 23.2 Å². The lowest BCUT2D eigenvalue weighted by molar-refractivity contribution is 0.415. The lowest BCUT2D eigenvalue weighted by Gasteiger charge is -2.06. The van der Waals surface area contributed by atoms with Crippen molar-refractivity contribution in [1.82, 2.24) is 4.98 Å². The summed E-state index contributed by atoms with van der Waals surface area (Å²) in [6.07, 6.45) is 1.65. The van der Waals surface area contributed by atoms with Crippen LogP contribution in [-0.4, -0.2) is 12.1 Å². The minimum absolute atomic E-state index is 0.449. The molecule has 0 saturated heterocycles. The molecule has 0 aliphatic carbocycles. The molecule has 0 N–H and O–H groups in total. The predicted molar refractivity (Wildman–Crippen MR) is 66.2 cm³/mol. The Morgan fingerprint density at radius 3 is 2.56 bits per heavy atom. The van der Waals surface area contributed by atoms with Crippen LogP contribution in [0.4, 0.5) is 0 Å². The molecule has 0 fully saturated rings. The van der Waals surface area contributed by atoms with E-state index in [2.05, 4.69) is 4.98 Å². The van der Waals surface area contributed by atoms with Gasteiger partial charge in [-0.3, -0.25) is 0 Å². The summed E-state index contributed by atoms with van der Waals surface area (Å²) in [6, 6.07) is 9.16. The summed E-state index contributed by atoms with van der Waals surface area (Å²) < 4.78 is 5.09. The van der Waals surface area contributed by atoms with E-state index in [1.54, 1.807) is 25.4 Å². The summed E-state index contributed by atoms with van der Waals surface area (Å²) >= 11 is 12.0. The first-order valence-corrected chi connectivity index (χ1v) is 5.42. The van der Waals surface area contributed by atoms with Crippen molar-refractivity contribution in [2.45, 2.75) is 0 Å². The zero-order valence-electron chi connectivity index (χ0n) is 8.58. The Kier molecular flexibility index (Phi) is 3.32. The number of rotatable bonds is 2. The molecule has 16 heavy (non-hydrogen) atoms. The van der Waals surface area contributed by atoms with Crippen LogP contribution in [0.25, 0.3) is 11.1 Å². The van der Waals surface area contributed by atoms with Crippen molar-refractivity contribution in [3.63, 3.8) is 0 Å². The van der Waals surface area contributed by atoms with Gasteiger partial charge in [-0.15, -0.1) is 0 Å². The third kappa shape index (κ3) is 2.29. The molecule has 2 rings (SSSR count). The van der Waals surface area contributed by atoms with Crippen molar-refractivity contribution < 1.29 is 4.74 Å². The fraction of sp³-hybridized carbons (Fsp3) is 0.0833. The second-order valence-electron chi connectivity index (χ2n) is 3.21. The van der Waals surface area contributed by atoms with Crippen LogP contribution in [0.2, 0.25) is 10.2 Å². The summed E-state index contributed by atoms with van der Waals surface area (Å²) in [6.45, 7) is 0. The molecule has 2 aromatic rings. The topological polar surface area (TPSA) is 22.1 Å². The second kappa shape index (κ2) is 4.73. The second-order valence-corrected chi connectivity index (χ2v) is 4.01. The van der Waals surface area contributed by atoms with Crippen LogP contribution >= 0.6 is 23.2 Å². The third-order valence-corrected chi connectivity index (χ3v) is 2.73. The molecule has 0 saturated carbocycles. The quantitative estimate of drug-likeness (QED) is 0.754. The van der Waals surface area contributed by atoms with Gasteiger partial charge in [0, 0.05) is 11.8 Å². The Balaban J connectivity index is 2.48. The Morgan fingerprint density at radius 2 is 1.94 bits per heavy atom. The molecule has 0 bridgehead atoms. The number of nitrogens with zero attached hydrogens (tertiary/aromatic N) is 1. The molecule has 0 radical (unpaired) electrons. The third-order valence-electron chi connectivity index (χ3n) is 2.21. The van der Waals surface area contributed by atoms with Gasteiger partial charge in [0.25, 0.3) is 0 Å². The van der Waals surface area contributed by atoms with E-state index >= 15 is 0 Å². The number of aromatic nitrogens is 1. The molecule has 0 amide bonds. The number of methoxy groups -OCH3 is 1. The molecule has 0 aliphatic heterocycles. The highest BCUT2D eigenvalue weighted by atomic mass is 35.5. The number of halogens is 2. The lowest BCUT2D eigenvalue weighted by Crippen LogP contribution is -1.85. The number of benzene rings is 1. The van der Waals surface area contributed by atoms with Crippen molar-refractivity contribution in [2.24, 2.45) is 0 Å². The van der Waals surface area contributed by atoms with Gasteiger partial charge in [-0.2, -0.15) is 0 Å². The zero-order chi connectivity index (χ0) is 11.5. The molecule has 1 aromatic heterocycles. The first-order chi connectivity index (χ1) is 7.70. The van der Waals surface area contributed by atoms with Gasteiger partial charge in [0.05, 0.1) is 12.1 Å². The summed E-state index contributed by atoms with van der Waals surface area (Å²) in [5, 5.41) is 1.08. The van der Waals surface area contributed by atoms with Crippen LogP contribution in [0.3, 0.4) is 0 Å². The van der Waals surface area contributed by atoms with Gasteiger partial charge in [-0.25, -0.2) is 4.98 Å². The van der Waals surface area contributed by atoms with Crippen LogP contribution in [0.5, 0.6) is 5.75 Å². The smallest absolute Gasteiger partial charge is 0.129 e. The zero-order valence-corrected chi connectivity index (χ0v) is 10.1. The first-order valence-electron chi connectivity index (χ1n) is 4.66. The van der Waals surface area contributed by atoms with Crippen molar-refractivity contribution in [3.8, 4) is 16.9 Å². The van der Waals surface area contributed by atoms with E-state index < -0.39 is 0 Å². The Morgan fingerprint density at radius 1 is 1.12 bits per heavy atom. The maximum Gasteiger partial charge on any atom is 0.129 e. The van der Waals surface area contributed by atoms with Crippen molar-refractivity contribution in [3.05, 3.63) is 46.7 Å². The van der Waals surface area contributed by atoms with Gasteiger partial charge >= 0.3 is 0 Å². The molecule has 82 valence electrons. The number of pyridine rings is 1. The Hall–Kier alpha value is -1.25. The maximum absolute atomic E-state index is 6.15. The summed E-state index contributed by atoms with van der Waals surface area (Å²) in [4.78, 5) is 3.93. The average Bonchev–Trinajstić information content (AvgIpc) is 2.28. The van der Waals surface area contributed by atoms with E-state index in [1.165, 1.54) is 0 Å². The van der Waals surface area contributed by atoms with E-state index in [-0.39, 0.29) is 0 Å². The van der Waals surface area contributed by atoms with E-state index in [0.717, 1.165) is 16.9 Å². The molecule has 4 heteroatoms. The molecule has 0 aliphatic rings. The van der Waals surface area contributed by atoms with Crippen LogP contribution in [-0.2, 0) is 0 Å². The molecule has 0 unspecified atom stereocenters. The number of hydrogen-bond acceptors (Lipinski definition) is 2. The molecule has 1 heterocycles. The first kappa shape index (κ1) is 11.2. The van der Waals surface area contributed by atoms with E-state index in [4.69, 9.17) is 27.9 Å². The van der Waals surface area contributed by atoms with Gasteiger partial charge in [-0.05, 0) is 35.9 Å². The van der Waals surface area contributed by atoms with Gasteiger partial charge in [0.15, 0.2) is 0 Å². The highest BCUT2D eigenvalue weighted by molar-refractivity contribution is 6.33. The van der Waals surface area contributed by atoms with Gasteiger partial charge < -0.3 is 4.74 Å². The predicted octanol–water partition coefficient (Wildman–Crippen LogP) is 4.06. The highest BCUT2D eigenvalue weighted by Crippen LogP contribution is 2.31. The summed E-state index contributed by atoms with van der Waals surface area (Å²) in [7, 11) is 1.61. The maximum atomic E-state index is 6.15. The van der Waals surface area contributed by atoms with E-state index in [9.17, 15) is 0 Å². The summed E-state index contributed by atoms with van der Waals surface area (Å²) in [5.41, 5.74) is 1.85. The molecule has 2 nitrogen and oxygen atoms in total. The molecule has 0 spiro atoms. The average molecular weight is 254 g/mol. The van der Waals surface area contributed by atoms with Gasteiger partial charge in [0.1, 0.15) is 10.9 Å². The molecule has 1 aromatic carbocycles. The number of ether oxygens (including phenoxy) is 1. The van der Waals surface area contributed by atoms with Crippen LogP contribution in [0, 0.1) is 0 Å². The van der Waals surface area contributed by atoms with E-state index in [1.807, 2.05) is 18.2 Å². The molecular weight excluding hydrogens is 245 g/mol. The van der Waals surface area contributed by atoms with Crippen LogP contribution < -0.4 is 4.74 Å². The minimum atomic E-state index is 0.449. The SMILES string of the molecule is COc1ccc(-c2ccnc(Cl)c2)c(Cl)c1. The minimum Gasteiger partial charge on any atom is -0.497 e. The standard InChI is InChI=1S/C12H9Cl2NO/c1-16-9-2-3-10(11(13)7-9)8-4-5-15-12(14)6-8/h2-7H,1H3. The fourth-order valence-electron chi connectivity index (χ4n) is 1.43. The highest BCUT2D eigenvalue weighted by Gasteiger charge is 2.05. The van der Waals surface area contributed by atoms with Crippen LogP contribution in [0.1, 0.15) is 0 Å². The monoisotopic (exact) mass is 253 g/mol. The van der Waals surface area contributed by atoms with Crippen molar-refractivity contribution in [2.75, 3.05) is 7.11 Å². The van der Waals surface area contributed by atoms with Gasteiger partial charge in [0.2, 0.25) is 0 Å². The van der Waals surface area contributed by atoms with Crippen molar-refractivity contribution in [1.29, 1.82) is 0 Å². The normalized spacial score (nSPS) is 10.2. The Labute approximate surface area is 104 Å². The summed E-state index contributed by atoms with van der Waals surface area (Å²) in [5.74, 6) is 0.730. The lowest BCUT2D eigenvalue weighted by atomic mass is 10.1. The molecule has 0 atom stereocenters. The fourth-order valence-corrected chi connectivity index (χ4v) is 1.88. The van der Waals surface area contributed by atoms with E-state index in [0.29, 0.717) is 10.2 Å². The largest absolute Gasteiger partial charge is 0.497 e. The number of hydrogen-bond donors (Lipinski definition) is 0. The van der Waals surface area contributed by atoms with Crippen LogP contribution in [0.15, 0.2) is 36.5 Å².